The molecule has 0 aliphatic carbocycles. The topological polar surface area (TPSA) is 87.6 Å². The molecule has 1 aromatic carbocycles. The van der Waals surface area contributed by atoms with Crippen LogP contribution in [0.4, 0.5) is 11.5 Å². The van der Waals surface area contributed by atoms with Gasteiger partial charge in [0, 0.05) is 25.1 Å². The summed E-state index contributed by atoms with van der Waals surface area (Å²) in [6.45, 7) is 2.11. The molecule has 0 atom stereocenters. The maximum absolute atomic E-state index is 8.81. The van der Waals surface area contributed by atoms with Crippen molar-refractivity contribution >= 4 is 17.3 Å². The lowest BCUT2D eigenvalue weighted by molar-refractivity contribution is 0.318. The molecular weight excluding hydrogens is 254 g/mol. The van der Waals surface area contributed by atoms with Gasteiger partial charge in [0.2, 0.25) is 0 Å². The standard InChI is InChI=1S/C14H17N5O/c1-3-10-4-6-11(7-5-10)19(2)14-12(13(15)18-20)16-8-9-17-14/h4-9,20H,3H2,1-2H3,(H2,15,18). The van der Waals surface area contributed by atoms with Gasteiger partial charge >= 0.3 is 0 Å². The Bertz CT molecular complexity index is 609. The monoisotopic (exact) mass is 271 g/mol. The minimum Gasteiger partial charge on any atom is -0.409 e. The fraction of sp³-hybridized carbons (Fsp3) is 0.214. The number of rotatable bonds is 4. The number of aromatic nitrogens is 2. The van der Waals surface area contributed by atoms with Gasteiger partial charge in [-0.15, -0.1) is 0 Å². The summed E-state index contributed by atoms with van der Waals surface area (Å²) in [6.07, 6.45) is 4.07. The molecule has 1 heterocycles. The summed E-state index contributed by atoms with van der Waals surface area (Å²) in [7, 11) is 1.86. The van der Waals surface area contributed by atoms with E-state index in [0.717, 1.165) is 12.1 Å². The highest BCUT2D eigenvalue weighted by Gasteiger charge is 2.15. The molecule has 20 heavy (non-hydrogen) atoms. The summed E-state index contributed by atoms with van der Waals surface area (Å²) >= 11 is 0. The average Bonchev–Trinajstić information content (AvgIpc) is 2.53. The largest absolute Gasteiger partial charge is 0.409 e. The molecule has 0 aliphatic rings. The maximum Gasteiger partial charge on any atom is 0.192 e. The van der Waals surface area contributed by atoms with E-state index in [9.17, 15) is 0 Å². The summed E-state index contributed by atoms with van der Waals surface area (Å²) in [5.74, 6) is 0.470. The van der Waals surface area contributed by atoms with E-state index in [1.807, 2.05) is 24.1 Å². The number of anilines is 2. The Balaban J connectivity index is 2.39. The number of amidine groups is 1. The fourth-order valence-electron chi connectivity index (χ4n) is 1.88. The van der Waals surface area contributed by atoms with Crippen LogP contribution in [0, 0.1) is 0 Å². The molecular formula is C14H17N5O. The first-order valence-electron chi connectivity index (χ1n) is 6.29. The zero-order valence-corrected chi connectivity index (χ0v) is 11.5. The zero-order chi connectivity index (χ0) is 14.5. The highest BCUT2D eigenvalue weighted by Crippen LogP contribution is 2.24. The Kier molecular flexibility index (Phi) is 4.14. The lowest BCUT2D eigenvalue weighted by atomic mass is 10.1. The van der Waals surface area contributed by atoms with E-state index in [0.29, 0.717) is 11.5 Å². The molecule has 0 radical (unpaired) electrons. The third-order valence-corrected chi connectivity index (χ3v) is 3.08. The van der Waals surface area contributed by atoms with Crippen molar-refractivity contribution in [2.75, 3.05) is 11.9 Å². The lowest BCUT2D eigenvalue weighted by Crippen LogP contribution is -2.22. The number of hydrogen-bond acceptors (Lipinski definition) is 5. The first kappa shape index (κ1) is 13.8. The van der Waals surface area contributed by atoms with Crippen molar-refractivity contribution in [2.45, 2.75) is 13.3 Å². The van der Waals surface area contributed by atoms with Crippen molar-refractivity contribution in [3.05, 3.63) is 47.9 Å². The van der Waals surface area contributed by atoms with Crippen LogP contribution in [0.5, 0.6) is 0 Å². The van der Waals surface area contributed by atoms with Gasteiger partial charge in [-0.3, -0.25) is 0 Å². The Morgan fingerprint density at radius 1 is 1.25 bits per heavy atom. The number of nitrogens with two attached hydrogens (primary N) is 1. The summed E-state index contributed by atoms with van der Waals surface area (Å²) < 4.78 is 0. The van der Waals surface area contributed by atoms with Crippen LogP contribution in [0.15, 0.2) is 41.8 Å². The van der Waals surface area contributed by atoms with Crippen LogP contribution in [0.2, 0.25) is 0 Å². The van der Waals surface area contributed by atoms with Crippen molar-refractivity contribution in [1.82, 2.24) is 9.97 Å². The third-order valence-electron chi connectivity index (χ3n) is 3.08. The van der Waals surface area contributed by atoms with Crippen LogP contribution in [0.3, 0.4) is 0 Å². The van der Waals surface area contributed by atoms with Crippen LogP contribution in [0.25, 0.3) is 0 Å². The molecule has 0 unspecified atom stereocenters. The zero-order valence-electron chi connectivity index (χ0n) is 11.5. The molecule has 3 N–H and O–H groups in total. The average molecular weight is 271 g/mol. The Morgan fingerprint density at radius 2 is 1.90 bits per heavy atom. The second kappa shape index (κ2) is 6.01. The predicted molar refractivity (Wildman–Crippen MR) is 78.4 cm³/mol. The third kappa shape index (κ3) is 2.69. The first-order chi connectivity index (χ1) is 9.67. The van der Waals surface area contributed by atoms with Gasteiger partial charge < -0.3 is 15.8 Å². The lowest BCUT2D eigenvalue weighted by Gasteiger charge is -2.20. The van der Waals surface area contributed by atoms with Crippen molar-refractivity contribution in [1.29, 1.82) is 0 Å². The molecule has 1 aromatic heterocycles. The van der Waals surface area contributed by atoms with Crippen molar-refractivity contribution < 1.29 is 5.21 Å². The van der Waals surface area contributed by atoms with Crippen LogP contribution >= 0.6 is 0 Å². The van der Waals surface area contributed by atoms with E-state index < -0.39 is 0 Å². The molecule has 0 saturated heterocycles. The van der Waals surface area contributed by atoms with Gasteiger partial charge in [-0.25, -0.2) is 9.97 Å². The molecule has 104 valence electrons. The minimum absolute atomic E-state index is 0.0647. The summed E-state index contributed by atoms with van der Waals surface area (Å²) in [5.41, 5.74) is 8.19. The number of nitrogens with zero attached hydrogens (tertiary/aromatic N) is 4. The van der Waals surface area contributed by atoms with E-state index in [4.69, 9.17) is 10.9 Å². The highest BCUT2D eigenvalue weighted by molar-refractivity contribution is 6.00. The van der Waals surface area contributed by atoms with E-state index >= 15 is 0 Å². The highest BCUT2D eigenvalue weighted by atomic mass is 16.4. The van der Waals surface area contributed by atoms with E-state index in [1.165, 1.54) is 11.8 Å². The number of oxime groups is 1. The molecule has 0 amide bonds. The second-order valence-corrected chi connectivity index (χ2v) is 4.29. The summed E-state index contributed by atoms with van der Waals surface area (Å²) in [6, 6.07) is 8.13. The van der Waals surface area contributed by atoms with Gasteiger partial charge in [-0.1, -0.05) is 24.2 Å². The van der Waals surface area contributed by atoms with Gasteiger partial charge in [-0.05, 0) is 24.1 Å². The van der Waals surface area contributed by atoms with Crippen LogP contribution in [0.1, 0.15) is 18.2 Å². The summed E-state index contributed by atoms with van der Waals surface area (Å²) in [5, 5.41) is 11.8. The molecule has 0 fully saturated rings. The summed E-state index contributed by atoms with van der Waals surface area (Å²) in [4.78, 5) is 10.2. The van der Waals surface area contributed by atoms with Crippen LogP contribution < -0.4 is 10.6 Å². The van der Waals surface area contributed by atoms with Gasteiger partial charge in [0.25, 0.3) is 0 Å². The van der Waals surface area contributed by atoms with Crippen molar-refractivity contribution in [3.63, 3.8) is 0 Å². The van der Waals surface area contributed by atoms with Gasteiger partial charge in [-0.2, -0.15) is 0 Å². The molecule has 0 spiro atoms. The van der Waals surface area contributed by atoms with E-state index in [1.54, 1.807) is 6.20 Å². The van der Waals surface area contributed by atoms with Crippen LogP contribution in [-0.2, 0) is 6.42 Å². The minimum atomic E-state index is -0.0647. The van der Waals surface area contributed by atoms with Gasteiger partial charge in [0.05, 0.1) is 0 Å². The molecule has 6 nitrogen and oxygen atoms in total. The molecule has 0 saturated carbocycles. The van der Waals surface area contributed by atoms with Crippen molar-refractivity contribution in [2.24, 2.45) is 10.9 Å². The van der Waals surface area contributed by atoms with Gasteiger partial charge in [0.15, 0.2) is 17.3 Å². The SMILES string of the molecule is CCc1ccc(N(C)c2nccnc2C(N)=NO)cc1. The molecule has 0 aliphatic heterocycles. The van der Waals surface area contributed by atoms with Crippen LogP contribution in [-0.4, -0.2) is 28.1 Å². The Hall–Kier alpha value is -2.63. The number of hydrogen-bond donors (Lipinski definition) is 2. The molecule has 6 heteroatoms. The Morgan fingerprint density at radius 3 is 2.50 bits per heavy atom. The first-order valence-corrected chi connectivity index (χ1v) is 6.29. The fourth-order valence-corrected chi connectivity index (χ4v) is 1.88. The van der Waals surface area contributed by atoms with Gasteiger partial charge in [0.1, 0.15) is 0 Å². The normalized spacial score (nSPS) is 11.4. The smallest absolute Gasteiger partial charge is 0.192 e. The predicted octanol–water partition coefficient (Wildman–Crippen LogP) is 1.90. The quantitative estimate of drug-likeness (QED) is 0.384. The Labute approximate surface area is 117 Å². The molecule has 0 bridgehead atoms. The van der Waals surface area contributed by atoms with Crippen molar-refractivity contribution in [3.8, 4) is 0 Å². The van der Waals surface area contributed by atoms with E-state index in [2.05, 4.69) is 34.2 Å². The van der Waals surface area contributed by atoms with E-state index in [-0.39, 0.29) is 5.84 Å². The maximum atomic E-state index is 8.81. The number of benzene rings is 1. The number of aryl methyl sites for hydroxylation is 1. The molecule has 2 aromatic rings. The second-order valence-electron chi connectivity index (χ2n) is 4.29. The molecule has 2 rings (SSSR count).